The van der Waals surface area contributed by atoms with Crippen LogP contribution in [0.3, 0.4) is 0 Å². The van der Waals surface area contributed by atoms with Crippen LogP contribution in [0.1, 0.15) is 143 Å². The number of rotatable bonds is 21. The fraction of sp³-hybridized carbons (Fsp3) is 0.308. The number of amides is 3. The molecule has 3 radical (unpaired) electrons. The summed E-state index contributed by atoms with van der Waals surface area (Å²) in [6, 6.07) is 36.3. The first-order chi connectivity index (χ1) is 49.0. The van der Waals surface area contributed by atoms with Crippen molar-refractivity contribution in [2.24, 2.45) is 49.9 Å². The van der Waals surface area contributed by atoms with Gasteiger partial charge in [-0.3, -0.25) is 43.5 Å². The number of nitrogens with two attached hydrogens (primary N) is 3. The molecule has 0 saturated heterocycles. The molecule has 103 heavy (non-hydrogen) atoms. The minimum absolute atomic E-state index is 0. The highest BCUT2D eigenvalue weighted by molar-refractivity contribution is 6.11. The van der Waals surface area contributed by atoms with Gasteiger partial charge in [-0.05, 0) is 162 Å². The summed E-state index contributed by atoms with van der Waals surface area (Å²) >= 11 is 0. The molecule has 3 aliphatic carbocycles. The van der Waals surface area contributed by atoms with Gasteiger partial charge >= 0.3 is 0 Å². The number of aromatic nitrogens is 6. The highest BCUT2D eigenvalue weighted by Crippen LogP contribution is 2.47. The fourth-order valence-corrected chi connectivity index (χ4v) is 13.7. The lowest BCUT2D eigenvalue weighted by molar-refractivity contribution is -0.130. The van der Waals surface area contributed by atoms with E-state index in [0.29, 0.717) is 121 Å². The summed E-state index contributed by atoms with van der Waals surface area (Å²) in [7, 11) is 4.73. The summed E-state index contributed by atoms with van der Waals surface area (Å²) in [6.07, 6.45) is 17.6. The van der Waals surface area contributed by atoms with Gasteiger partial charge < -0.3 is 30.9 Å². The normalized spacial score (nSPS) is 19.8. The molecule has 15 rings (SSSR count). The summed E-state index contributed by atoms with van der Waals surface area (Å²) in [6.45, 7) is 7.64. The molecule has 3 fully saturated rings. The van der Waals surface area contributed by atoms with Crippen LogP contribution in [0, 0.1) is 35.6 Å². The molecule has 6 aliphatic rings. The second-order valence-electron chi connectivity index (χ2n) is 26.9. The molecule has 1 unspecified atom stereocenters. The smallest absolute Gasteiger partial charge is 0.266 e. The maximum absolute atomic E-state index is 14.4. The van der Waals surface area contributed by atoms with Crippen molar-refractivity contribution in [3.05, 3.63) is 233 Å². The number of Topliss-reactive ketones (excluding diaryl/α,β-unsaturated/α-hetero) is 3. The van der Waals surface area contributed by atoms with Crippen molar-refractivity contribution >= 4 is 61.4 Å². The molecular weight excluding hydrogens is 1310 g/mol. The second-order valence-corrected chi connectivity index (χ2v) is 26.9. The molecule has 0 bridgehead atoms. The van der Waals surface area contributed by atoms with Crippen molar-refractivity contribution in [2.45, 2.75) is 115 Å². The van der Waals surface area contributed by atoms with E-state index in [0.717, 1.165) is 58.2 Å². The van der Waals surface area contributed by atoms with E-state index in [9.17, 15) is 41.9 Å². The number of benzene rings is 3. The third-order valence-electron chi connectivity index (χ3n) is 20.0. The number of ketones is 3. The van der Waals surface area contributed by atoms with Gasteiger partial charge in [0.05, 0.1) is 17.1 Å². The maximum atomic E-state index is 14.4. The molecular formula is C78H78BF3N15O6. The van der Waals surface area contributed by atoms with Crippen molar-refractivity contribution in [2.75, 3.05) is 21.1 Å². The van der Waals surface area contributed by atoms with Gasteiger partial charge in [0.15, 0.2) is 51.8 Å². The topological polar surface area (TPSA) is 281 Å². The minimum atomic E-state index is -1.47. The van der Waals surface area contributed by atoms with Crippen LogP contribution in [-0.4, -0.2) is 126 Å². The number of guanidine groups is 3. The predicted octanol–water partition coefficient (Wildman–Crippen LogP) is 10.8. The third-order valence-corrected chi connectivity index (χ3v) is 20.0. The molecule has 21 nitrogen and oxygen atoms in total. The highest BCUT2D eigenvalue weighted by atomic mass is 19.1. The monoisotopic (exact) mass is 1390 g/mol. The van der Waals surface area contributed by atoms with Gasteiger partial charge in [0.2, 0.25) is 17.8 Å². The van der Waals surface area contributed by atoms with Gasteiger partial charge in [0.1, 0.15) is 0 Å². The minimum Gasteiger partial charge on any atom is -0.369 e. The number of carbonyl (C=O) groups excluding carboxylic acids is 6. The Labute approximate surface area is 596 Å². The Morgan fingerprint density at radius 3 is 0.883 bits per heavy atom. The molecule has 6 aromatic heterocycles. The maximum Gasteiger partial charge on any atom is 0.266 e. The van der Waals surface area contributed by atoms with Gasteiger partial charge in [0, 0.05) is 139 Å². The third kappa shape index (κ3) is 13.3. The van der Waals surface area contributed by atoms with E-state index in [1.807, 2.05) is 53.1 Å². The number of aliphatic imine (C=N–C) groups is 3. The Morgan fingerprint density at radius 2 is 0.670 bits per heavy atom. The Hall–Kier alpha value is -11.4. The van der Waals surface area contributed by atoms with E-state index < -0.39 is 34.5 Å². The Bertz CT molecular complexity index is 4470. The van der Waals surface area contributed by atoms with E-state index in [1.54, 1.807) is 149 Å². The lowest BCUT2D eigenvalue weighted by Crippen LogP contribution is -2.41. The molecule has 3 amide bonds. The van der Waals surface area contributed by atoms with Gasteiger partial charge in [-0.25, -0.2) is 29.9 Å². The summed E-state index contributed by atoms with van der Waals surface area (Å²) < 4.78 is 49.2. The number of nitrogens with zero attached hydrogens (tertiary/aromatic N) is 12. The van der Waals surface area contributed by atoms with Crippen molar-refractivity contribution < 1.29 is 41.9 Å². The fourth-order valence-electron chi connectivity index (χ4n) is 13.7. The summed E-state index contributed by atoms with van der Waals surface area (Å²) in [4.78, 5) is 109. The summed E-state index contributed by atoms with van der Waals surface area (Å²) in [5.74, 6) is -0.908. The highest BCUT2D eigenvalue weighted by Gasteiger charge is 2.54. The second kappa shape index (κ2) is 28.6. The molecule has 25 heteroatoms. The average molecular weight is 1390 g/mol. The quantitative estimate of drug-likeness (QED) is 0.0344. The lowest BCUT2D eigenvalue weighted by Gasteiger charge is -2.25. The van der Waals surface area contributed by atoms with Crippen molar-refractivity contribution in [3.63, 3.8) is 0 Å². The van der Waals surface area contributed by atoms with Gasteiger partial charge in [-0.15, -0.1) is 0 Å². The van der Waals surface area contributed by atoms with Crippen LogP contribution in [0.4, 0.5) is 13.2 Å². The number of hydrogen-bond donors (Lipinski definition) is 3. The van der Waals surface area contributed by atoms with Crippen molar-refractivity contribution in [1.29, 1.82) is 0 Å². The Morgan fingerprint density at radius 1 is 0.408 bits per heavy atom. The van der Waals surface area contributed by atoms with Crippen molar-refractivity contribution in [1.82, 2.24) is 43.4 Å². The molecule has 0 spiro atoms. The number of carbonyl (C=O) groups is 6. The van der Waals surface area contributed by atoms with Crippen LogP contribution in [0.25, 0.3) is 33.4 Å². The Balaban J connectivity index is 0.000000145. The first-order valence-corrected chi connectivity index (χ1v) is 34.3. The standard InChI is InChI=1S/3C26H26FN5O2.B/c3*1-3-22(33)21-13-19(15-32(21)14-16-9-10-16)26(24(34)31(2)25(28)30-26)18-7-4-6-17(12-18)20-8-5-11-29-23(20)27;/h3*4-8,11-13,15-16H,3,9-10,14H2,1-2H3,(H2,28,30);/t2*26-;;/m10../s1. The zero-order valence-electron chi connectivity index (χ0n) is 58.1. The van der Waals surface area contributed by atoms with Gasteiger partial charge in [0.25, 0.3) is 17.7 Å². The zero-order chi connectivity index (χ0) is 72.1. The number of halogens is 3. The number of hydrogen-bond acceptors (Lipinski definition) is 15. The molecule has 525 valence electrons. The van der Waals surface area contributed by atoms with E-state index in [2.05, 4.69) is 29.9 Å². The van der Waals surface area contributed by atoms with Crippen LogP contribution in [0.2, 0.25) is 0 Å². The van der Waals surface area contributed by atoms with E-state index in [1.165, 1.54) is 33.3 Å². The van der Waals surface area contributed by atoms with Crippen LogP contribution in [0.15, 0.2) is 180 Å². The molecule has 3 aromatic carbocycles. The van der Waals surface area contributed by atoms with Crippen LogP contribution >= 0.6 is 0 Å². The van der Waals surface area contributed by atoms with Crippen LogP contribution in [0.5, 0.6) is 0 Å². The number of pyridine rings is 3. The summed E-state index contributed by atoms with van der Waals surface area (Å²) in [5.41, 5.74) is 21.7. The first kappa shape index (κ1) is 71.5. The van der Waals surface area contributed by atoms with Gasteiger partial charge in [-0.2, -0.15) is 13.2 Å². The van der Waals surface area contributed by atoms with Gasteiger partial charge in [-0.1, -0.05) is 75.4 Å². The van der Waals surface area contributed by atoms with Crippen LogP contribution in [-0.2, 0) is 50.6 Å². The van der Waals surface area contributed by atoms with Crippen LogP contribution < -0.4 is 17.2 Å². The lowest BCUT2D eigenvalue weighted by atomic mass is 9.83. The average Bonchev–Trinajstić information content (AvgIpc) is 1.60. The molecule has 9 aromatic rings. The number of likely N-dealkylation sites (N-methyl/N-ethyl adjacent to an activating group) is 3. The van der Waals surface area contributed by atoms with E-state index >= 15 is 0 Å². The van der Waals surface area contributed by atoms with Crippen molar-refractivity contribution in [3.8, 4) is 33.4 Å². The molecule has 3 atom stereocenters. The first-order valence-electron chi connectivity index (χ1n) is 34.3. The largest absolute Gasteiger partial charge is 0.369 e. The Kier molecular flexibility index (Phi) is 19.8. The molecule has 3 aliphatic heterocycles. The SMILES string of the molecule is CCC(=O)c1cc(C2(c3cccc(-c4cccnc4F)c3)N=C(N)N(C)C2=O)cn1CC1CC1.CCC(=O)c1cc([C@@]2(c3cccc(-c4cccnc4F)c3)N=C(N)N(C)C2=O)cn1CC1CC1.CCC(=O)c1cc([C@]2(c3cccc(-c4cccnc4F)c3)N=C(N)N(C)C2=O)cn1CC1CC1.[B]. The predicted molar refractivity (Wildman–Crippen MR) is 385 cm³/mol. The summed E-state index contributed by atoms with van der Waals surface area (Å²) in [5, 5.41) is 0. The van der Waals surface area contributed by atoms with E-state index in [-0.39, 0.29) is 61.4 Å². The molecule has 9 heterocycles. The molecule has 6 N–H and O–H groups in total. The zero-order valence-corrected chi connectivity index (χ0v) is 58.1. The molecule has 3 saturated carbocycles. The van der Waals surface area contributed by atoms with E-state index in [4.69, 9.17) is 17.2 Å².